The summed E-state index contributed by atoms with van der Waals surface area (Å²) in [5.74, 6) is -1.11. The van der Waals surface area contributed by atoms with E-state index in [1.807, 2.05) is 81.3 Å². The molecule has 34 heavy (non-hydrogen) atoms. The first-order valence-electron chi connectivity index (χ1n) is 11.5. The van der Waals surface area contributed by atoms with Crippen molar-refractivity contribution >= 4 is 37.5 Å². The highest BCUT2D eigenvalue weighted by Gasteiger charge is 2.27. The van der Waals surface area contributed by atoms with Crippen LogP contribution in [-0.4, -0.2) is 34.7 Å². The van der Waals surface area contributed by atoms with Crippen molar-refractivity contribution in [1.29, 1.82) is 0 Å². The van der Waals surface area contributed by atoms with Crippen LogP contribution in [0.1, 0.15) is 37.8 Å². The molecule has 2 unspecified atom stereocenters. The van der Waals surface area contributed by atoms with Gasteiger partial charge in [0.05, 0.1) is 6.04 Å². The van der Waals surface area contributed by atoms with E-state index in [0.29, 0.717) is 12.8 Å². The van der Waals surface area contributed by atoms with Gasteiger partial charge in [0.1, 0.15) is 0 Å². The van der Waals surface area contributed by atoms with Crippen LogP contribution in [0.3, 0.4) is 0 Å². The summed E-state index contributed by atoms with van der Waals surface area (Å²) in [5, 5.41) is 13.1. The molecule has 3 aromatic rings. The lowest BCUT2D eigenvalue weighted by Crippen LogP contribution is -2.42. The van der Waals surface area contributed by atoms with E-state index in [4.69, 9.17) is 5.21 Å². The maximum atomic E-state index is 13.2. The number of aromatic amines is 1. The third-order valence-corrected chi connectivity index (χ3v) is 5.64. The molecule has 4 N–H and O–H groups in total. The Kier molecular flexibility index (Phi) is 11.0. The van der Waals surface area contributed by atoms with Crippen molar-refractivity contribution in [2.75, 3.05) is 6.66 Å². The standard InChI is InChI=1S/C26H31N3O3.CH5P/c1-17(2)13-20(15-25(30)29-32)26(31)28-24(14-19-9-5-4-6-10-19)18(3)22-16-27-23-12-8-7-11-21(22)23;1-2/h4-12,16-17,20,24,27,32H,3,13-15H2,1-2H3,(H,28,31)(H,29,30);2H2,1H3/t20?,24-;/m0./s1. The number of carbonyl (C=O) groups excluding carboxylic acids is 2. The zero-order chi connectivity index (χ0) is 25.1. The molecule has 6 nitrogen and oxygen atoms in total. The quantitative estimate of drug-likeness (QED) is 0.187. The Morgan fingerprint density at radius 2 is 1.71 bits per heavy atom. The molecule has 2 amide bonds. The van der Waals surface area contributed by atoms with Crippen LogP contribution in [0, 0.1) is 11.8 Å². The highest BCUT2D eigenvalue weighted by Crippen LogP contribution is 2.28. The van der Waals surface area contributed by atoms with Crippen LogP contribution in [0.2, 0.25) is 0 Å². The number of hydroxylamine groups is 1. The second-order valence-electron chi connectivity index (χ2n) is 8.59. The molecule has 2 aromatic carbocycles. The number of hydrogen-bond donors (Lipinski definition) is 4. The number of fused-ring (bicyclic) bond motifs is 1. The minimum absolute atomic E-state index is 0.0713. The molecular weight excluding hydrogens is 445 g/mol. The summed E-state index contributed by atoms with van der Waals surface area (Å²) in [6.07, 6.45) is 2.96. The summed E-state index contributed by atoms with van der Waals surface area (Å²) < 4.78 is 0. The lowest BCUT2D eigenvalue weighted by Gasteiger charge is -2.25. The number of carbonyl (C=O) groups is 2. The van der Waals surface area contributed by atoms with Gasteiger partial charge in [0, 0.05) is 35.0 Å². The Balaban J connectivity index is 0.00000199. The van der Waals surface area contributed by atoms with Gasteiger partial charge in [-0.1, -0.05) is 75.6 Å². The summed E-state index contributed by atoms with van der Waals surface area (Å²) in [7, 11) is 2.42. The molecule has 0 spiro atoms. The fourth-order valence-electron chi connectivity index (χ4n) is 4.05. The van der Waals surface area contributed by atoms with E-state index in [9.17, 15) is 9.59 Å². The van der Waals surface area contributed by atoms with Crippen LogP contribution in [0.4, 0.5) is 0 Å². The van der Waals surface area contributed by atoms with Crippen LogP contribution >= 0.6 is 9.24 Å². The molecule has 0 aliphatic carbocycles. The van der Waals surface area contributed by atoms with Crippen LogP contribution in [0.25, 0.3) is 16.5 Å². The largest absolute Gasteiger partial charge is 0.361 e. The summed E-state index contributed by atoms with van der Waals surface area (Å²) in [5.41, 5.74) is 5.48. The van der Waals surface area contributed by atoms with Gasteiger partial charge in [-0.15, -0.1) is 9.24 Å². The van der Waals surface area contributed by atoms with Crippen molar-refractivity contribution in [3.63, 3.8) is 0 Å². The zero-order valence-corrected chi connectivity index (χ0v) is 21.3. The van der Waals surface area contributed by atoms with Crippen molar-refractivity contribution in [2.24, 2.45) is 11.8 Å². The van der Waals surface area contributed by atoms with Crippen molar-refractivity contribution in [3.05, 3.63) is 78.5 Å². The molecule has 3 rings (SSSR count). The van der Waals surface area contributed by atoms with Gasteiger partial charge in [-0.25, -0.2) is 5.48 Å². The zero-order valence-electron chi connectivity index (χ0n) is 20.2. The van der Waals surface area contributed by atoms with Crippen molar-refractivity contribution < 1.29 is 14.8 Å². The number of amides is 2. The molecule has 1 heterocycles. The van der Waals surface area contributed by atoms with Gasteiger partial charge in [0.15, 0.2) is 0 Å². The van der Waals surface area contributed by atoms with Gasteiger partial charge >= 0.3 is 0 Å². The van der Waals surface area contributed by atoms with Crippen molar-refractivity contribution in [1.82, 2.24) is 15.8 Å². The minimum atomic E-state index is -0.569. The number of nitrogens with one attached hydrogen (secondary N) is 3. The van der Waals surface area contributed by atoms with E-state index in [1.165, 1.54) is 0 Å². The number of H-pyrrole nitrogens is 1. The number of hydrogen-bond acceptors (Lipinski definition) is 3. The van der Waals surface area contributed by atoms with Gasteiger partial charge < -0.3 is 10.3 Å². The molecule has 0 aliphatic heterocycles. The molecule has 0 fully saturated rings. The van der Waals surface area contributed by atoms with Crippen LogP contribution in [0.5, 0.6) is 0 Å². The van der Waals surface area contributed by atoms with E-state index >= 15 is 0 Å². The number of aromatic nitrogens is 1. The Bertz CT molecular complexity index is 1080. The van der Waals surface area contributed by atoms with Gasteiger partial charge in [-0.2, -0.15) is 0 Å². The van der Waals surface area contributed by atoms with E-state index in [-0.39, 0.29) is 24.3 Å². The van der Waals surface area contributed by atoms with Crippen molar-refractivity contribution in [3.8, 4) is 0 Å². The Hall–Kier alpha value is -2.95. The average molecular weight is 482 g/mol. The van der Waals surface area contributed by atoms with Gasteiger partial charge in [0.2, 0.25) is 11.8 Å². The Morgan fingerprint density at radius 3 is 2.35 bits per heavy atom. The van der Waals surface area contributed by atoms with Gasteiger partial charge in [0.25, 0.3) is 0 Å². The average Bonchev–Trinajstić information content (AvgIpc) is 3.28. The molecule has 182 valence electrons. The van der Waals surface area contributed by atoms with Crippen molar-refractivity contribution in [2.45, 2.75) is 39.2 Å². The topological polar surface area (TPSA) is 94.2 Å². The van der Waals surface area contributed by atoms with E-state index in [2.05, 4.69) is 26.1 Å². The molecule has 7 heteroatoms. The molecule has 0 radical (unpaired) electrons. The second-order valence-corrected chi connectivity index (χ2v) is 8.59. The van der Waals surface area contributed by atoms with Gasteiger partial charge in [-0.05, 0) is 36.0 Å². The fraction of sp³-hybridized carbons (Fsp3) is 0.333. The van der Waals surface area contributed by atoms with E-state index < -0.39 is 11.8 Å². The normalized spacial score (nSPS) is 12.4. The predicted molar refractivity (Wildman–Crippen MR) is 143 cm³/mol. The lowest BCUT2D eigenvalue weighted by molar-refractivity contribution is -0.135. The first kappa shape index (κ1) is 27.3. The highest BCUT2D eigenvalue weighted by molar-refractivity contribution is 7.15. The maximum Gasteiger partial charge on any atom is 0.244 e. The smallest absolute Gasteiger partial charge is 0.244 e. The van der Waals surface area contributed by atoms with Crippen LogP contribution in [0.15, 0.2) is 67.4 Å². The SMILES string of the molecule is C=C(c1c[nH]c2ccccc12)[C@H](Cc1ccccc1)NC(=O)C(CC(=O)NO)CC(C)C.CP. The monoisotopic (exact) mass is 481 g/mol. The third kappa shape index (κ3) is 7.54. The van der Waals surface area contributed by atoms with E-state index in [1.54, 1.807) is 5.48 Å². The number of benzene rings is 2. The highest BCUT2D eigenvalue weighted by atomic mass is 31.0. The second kappa shape index (κ2) is 13.7. The molecule has 0 saturated carbocycles. The fourth-order valence-corrected chi connectivity index (χ4v) is 4.05. The maximum absolute atomic E-state index is 13.2. The lowest BCUT2D eigenvalue weighted by atomic mass is 9.90. The predicted octanol–water partition coefficient (Wildman–Crippen LogP) is 4.96. The van der Waals surface area contributed by atoms with Crippen LogP contribution in [-0.2, 0) is 16.0 Å². The summed E-state index contributed by atoms with van der Waals surface area (Å²) >= 11 is 0. The molecule has 0 saturated heterocycles. The molecule has 1 aromatic heterocycles. The molecule has 0 aliphatic rings. The van der Waals surface area contributed by atoms with E-state index in [0.717, 1.165) is 27.6 Å². The van der Waals surface area contributed by atoms with Gasteiger partial charge in [-0.3, -0.25) is 14.8 Å². The summed E-state index contributed by atoms with van der Waals surface area (Å²) in [4.78, 5) is 28.3. The summed E-state index contributed by atoms with van der Waals surface area (Å²) in [6.45, 7) is 10.3. The number of para-hydroxylation sites is 1. The molecular formula is C27H36N3O3P. The molecule has 0 bridgehead atoms. The first-order chi connectivity index (χ1) is 16.4. The minimum Gasteiger partial charge on any atom is -0.361 e. The van der Waals surface area contributed by atoms with Crippen LogP contribution < -0.4 is 10.8 Å². The molecule has 3 atom stereocenters. The third-order valence-electron chi connectivity index (χ3n) is 5.64. The Labute approximate surface area is 204 Å². The first-order valence-corrected chi connectivity index (χ1v) is 12.6. The Morgan fingerprint density at radius 1 is 1.06 bits per heavy atom. The summed E-state index contributed by atoms with van der Waals surface area (Å²) in [6, 6.07) is 17.6. The number of rotatable bonds is 10.